The number of hydrogen-bond donors (Lipinski definition) is 0. The molecule has 0 unspecified atom stereocenters. The predicted molar refractivity (Wildman–Crippen MR) is 77.3 cm³/mol. The van der Waals surface area contributed by atoms with Crippen LogP contribution in [0.25, 0.3) is 0 Å². The highest BCUT2D eigenvalue weighted by atomic mass is 15.2. The SMILES string of the molecule is CCc1ncnc2c1CCN(Cc1nccn1C)CC2. The van der Waals surface area contributed by atoms with Crippen molar-refractivity contribution in [2.75, 3.05) is 13.1 Å². The van der Waals surface area contributed by atoms with E-state index in [1.807, 2.05) is 12.4 Å². The third kappa shape index (κ3) is 2.58. The van der Waals surface area contributed by atoms with Gasteiger partial charge in [0.1, 0.15) is 12.2 Å². The molecule has 0 saturated heterocycles. The van der Waals surface area contributed by atoms with Crippen LogP contribution in [0.4, 0.5) is 0 Å². The van der Waals surface area contributed by atoms with E-state index in [2.05, 4.69) is 38.4 Å². The fourth-order valence-corrected chi connectivity index (χ4v) is 2.85. The number of fused-ring (bicyclic) bond motifs is 1. The van der Waals surface area contributed by atoms with Crippen molar-refractivity contribution in [3.8, 4) is 0 Å². The quantitative estimate of drug-likeness (QED) is 0.846. The molecule has 3 heterocycles. The van der Waals surface area contributed by atoms with Crippen molar-refractivity contribution in [2.45, 2.75) is 32.7 Å². The molecular weight excluding hydrogens is 250 g/mol. The first-order valence-corrected chi connectivity index (χ1v) is 7.28. The summed E-state index contributed by atoms with van der Waals surface area (Å²) in [6.07, 6.45) is 8.63. The van der Waals surface area contributed by atoms with Crippen molar-refractivity contribution in [3.05, 3.63) is 41.5 Å². The minimum atomic E-state index is 0.909. The topological polar surface area (TPSA) is 46.8 Å². The van der Waals surface area contributed by atoms with E-state index >= 15 is 0 Å². The van der Waals surface area contributed by atoms with Gasteiger partial charge in [-0.05, 0) is 18.4 Å². The van der Waals surface area contributed by atoms with Gasteiger partial charge in [0.25, 0.3) is 0 Å². The first kappa shape index (κ1) is 13.2. The minimum absolute atomic E-state index is 0.909. The molecule has 0 spiro atoms. The van der Waals surface area contributed by atoms with E-state index in [9.17, 15) is 0 Å². The third-order valence-corrected chi connectivity index (χ3v) is 4.09. The van der Waals surface area contributed by atoms with Gasteiger partial charge in [-0.1, -0.05) is 6.92 Å². The van der Waals surface area contributed by atoms with Crippen molar-refractivity contribution in [3.63, 3.8) is 0 Å². The Bertz CT molecular complexity index is 590. The summed E-state index contributed by atoms with van der Waals surface area (Å²) in [6.45, 7) is 5.17. The van der Waals surface area contributed by atoms with Gasteiger partial charge < -0.3 is 4.57 Å². The molecule has 2 aromatic heterocycles. The lowest BCUT2D eigenvalue weighted by atomic mass is 10.1. The highest BCUT2D eigenvalue weighted by Crippen LogP contribution is 2.18. The summed E-state index contributed by atoms with van der Waals surface area (Å²) < 4.78 is 2.09. The lowest BCUT2D eigenvalue weighted by Crippen LogP contribution is -2.27. The molecule has 5 heteroatoms. The molecule has 106 valence electrons. The summed E-state index contributed by atoms with van der Waals surface area (Å²) >= 11 is 0. The highest BCUT2D eigenvalue weighted by Gasteiger charge is 2.18. The van der Waals surface area contributed by atoms with Gasteiger partial charge >= 0.3 is 0 Å². The van der Waals surface area contributed by atoms with Crippen molar-refractivity contribution >= 4 is 0 Å². The summed E-state index contributed by atoms with van der Waals surface area (Å²) in [5.74, 6) is 1.12. The number of imidazole rings is 1. The zero-order chi connectivity index (χ0) is 13.9. The van der Waals surface area contributed by atoms with Crippen molar-refractivity contribution in [1.82, 2.24) is 24.4 Å². The van der Waals surface area contributed by atoms with Gasteiger partial charge in [0.2, 0.25) is 0 Å². The van der Waals surface area contributed by atoms with Crippen molar-refractivity contribution in [2.24, 2.45) is 7.05 Å². The average Bonchev–Trinajstić information content (AvgIpc) is 2.75. The molecule has 5 nitrogen and oxygen atoms in total. The fourth-order valence-electron chi connectivity index (χ4n) is 2.85. The van der Waals surface area contributed by atoms with Crippen LogP contribution in [-0.2, 0) is 32.9 Å². The van der Waals surface area contributed by atoms with Gasteiger partial charge in [-0.2, -0.15) is 0 Å². The summed E-state index contributed by atoms with van der Waals surface area (Å²) in [7, 11) is 2.05. The van der Waals surface area contributed by atoms with Crippen LogP contribution in [0.5, 0.6) is 0 Å². The Morgan fingerprint density at radius 1 is 1.15 bits per heavy atom. The maximum absolute atomic E-state index is 4.48. The second kappa shape index (κ2) is 5.71. The lowest BCUT2D eigenvalue weighted by Gasteiger charge is -2.19. The molecule has 0 radical (unpaired) electrons. The Kier molecular flexibility index (Phi) is 3.78. The Labute approximate surface area is 119 Å². The maximum atomic E-state index is 4.48. The number of hydrogen-bond acceptors (Lipinski definition) is 4. The molecule has 0 saturated carbocycles. The van der Waals surface area contributed by atoms with Gasteiger partial charge in [-0.25, -0.2) is 15.0 Å². The second-order valence-electron chi connectivity index (χ2n) is 5.33. The molecule has 0 aliphatic carbocycles. The molecule has 0 N–H and O–H groups in total. The van der Waals surface area contributed by atoms with E-state index in [-0.39, 0.29) is 0 Å². The van der Waals surface area contributed by atoms with Crippen LogP contribution in [0.3, 0.4) is 0 Å². The molecule has 0 fully saturated rings. The van der Waals surface area contributed by atoms with Crippen LogP contribution in [-0.4, -0.2) is 37.5 Å². The first-order chi connectivity index (χ1) is 9.78. The van der Waals surface area contributed by atoms with Crippen LogP contribution in [0, 0.1) is 0 Å². The molecule has 0 amide bonds. The van der Waals surface area contributed by atoms with Crippen LogP contribution in [0.2, 0.25) is 0 Å². The predicted octanol–water partition coefficient (Wildman–Crippen LogP) is 1.37. The largest absolute Gasteiger partial charge is 0.337 e. The molecule has 1 aliphatic rings. The van der Waals surface area contributed by atoms with Gasteiger partial charge in [0.15, 0.2) is 0 Å². The van der Waals surface area contributed by atoms with Gasteiger partial charge in [0, 0.05) is 50.3 Å². The minimum Gasteiger partial charge on any atom is -0.337 e. The first-order valence-electron chi connectivity index (χ1n) is 7.28. The van der Waals surface area contributed by atoms with Crippen LogP contribution < -0.4 is 0 Å². The van der Waals surface area contributed by atoms with Crippen LogP contribution >= 0.6 is 0 Å². The van der Waals surface area contributed by atoms with E-state index in [0.717, 1.165) is 44.7 Å². The number of aryl methyl sites for hydroxylation is 2. The van der Waals surface area contributed by atoms with Gasteiger partial charge in [0.05, 0.1) is 6.54 Å². The zero-order valence-corrected chi connectivity index (χ0v) is 12.2. The van der Waals surface area contributed by atoms with E-state index in [1.54, 1.807) is 6.33 Å². The summed E-state index contributed by atoms with van der Waals surface area (Å²) in [6, 6.07) is 0. The number of aromatic nitrogens is 4. The molecule has 3 rings (SSSR count). The van der Waals surface area contributed by atoms with E-state index in [1.165, 1.54) is 17.0 Å². The van der Waals surface area contributed by atoms with Crippen molar-refractivity contribution in [1.29, 1.82) is 0 Å². The standard InChI is InChI=1S/C15H21N5/c1-3-13-12-4-7-20(8-5-14(12)18-11-17-13)10-15-16-6-9-19(15)2/h6,9,11H,3-5,7-8,10H2,1-2H3. The Hall–Kier alpha value is -1.75. The summed E-state index contributed by atoms with van der Waals surface area (Å²) in [5.41, 5.74) is 3.82. The van der Waals surface area contributed by atoms with Gasteiger partial charge in [-0.15, -0.1) is 0 Å². The average molecular weight is 271 g/mol. The normalized spacial score (nSPS) is 15.9. The third-order valence-electron chi connectivity index (χ3n) is 4.09. The molecule has 0 aromatic carbocycles. The highest BCUT2D eigenvalue weighted by molar-refractivity contribution is 5.26. The summed E-state index contributed by atoms with van der Waals surface area (Å²) in [5, 5.41) is 0. The Balaban J connectivity index is 1.74. The number of nitrogens with zero attached hydrogens (tertiary/aromatic N) is 5. The number of rotatable bonds is 3. The molecular formula is C15H21N5. The lowest BCUT2D eigenvalue weighted by molar-refractivity contribution is 0.269. The van der Waals surface area contributed by atoms with E-state index < -0.39 is 0 Å². The second-order valence-corrected chi connectivity index (χ2v) is 5.33. The van der Waals surface area contributed by atoms with E-state index in [0.29, 0.717) is 0 Å². The summed E-state index contributed by atoms with van der Waals surface area (Å²) in [4.78, 5) is 15.8. The monoisotopic (exact) mass is 271 g/mol. The molecule has 1 aliphatic heterocycles. The molecule has 0 atom stereocenters. The fraction of sp³-hybridized carbons (Fsp3) is 0.533. The molecule has 2 aromatic rings. The zero-order valence-electron chi connectivity index (χ0n) is 12.2. The van der Waals surface area contributed by atoms with Crippen LogP contribution in [0.1, 0.15) is 29.7 Å². The smallest absolute Gasteiger partial charge is 0.122 e. The van der Waals surface area contributed by atoms with E-state index in [4.69, 9.17) is 0 Å². The van der Waals surface area contributed by atoms with Gasteiger partial charge in [-0.3, -0.25) is 4.90 Å². The van der Waals surface area contributed by atoms with Crippen molar-refractivity contribution < 1.29 is 0 Å². The molecule has 0 bridgehead atoms. The Morgan fingerprint density at radius 2 is 2.00 bits per heavy atom. The molecule has 20 heavy (non-hydrogen) atoms. The van der Waals surface area contributed by atoms with Crippen LogP contribution in [0.15, 0.2) is 18.7 Å². The maximum Gasteiger partial charge on any atom is 0.122 e. The Morgan fingerprint density at radius 3 is 2.75 bits per heavy atom.